The number of rotatable bonds is 3. The smallest absolute Gasteiger partial charge is 0.345 e. The van der Waals surface area contributed by atoms with Gasteiger partial charge in [0.05, 0.1) is 24.9 Å². The summed E-state index contributed by atoms with van der Waals surface area (Å²) in [6, 6.07) is 5.11. The second-order valence-corrected chi connectivity index (χ2v) is 10.9. The highest BCUT2D eigenvalue weighted by atomic mass is 16.5. The molecule has 2 aromatic rings. The van der Waals surface area contributed by atoms with Gasteiger partial charge in [-0.05, 0) is 49.7 Å². The van der Waals surface area contributed by atoms with E-state index in [2.05, 4.69) is 11.9 Å². The first-order valence-electron chi connectivity index (χ1n) is 11.9. The Bertz CT molecular complexity index is 1140. The standard InChI is InChI=1S/C26H33NO7/c1-24-8-7-18(28)25(2,13-32-4)17(24)11-19(29)26(3)22(24)21(30)20-16(34-26)10-15(33-23(20)31)14-6-5-9-27-12-14/h5-6,9-10,12,17-19,21-22,28-30H,7-8,11,13H2,1-4H3/t17?,18-,19-,21?,22?,24-,25-,26+/m0/s1. The number of hydrogen-bond acceptors (Lipinski definition) is 8. The normalized spacial score (nSPS) is 41.1. The van der Waals surface area contributed by atoms with Gasteiger partial charge in [-0.15, -0.1) is 0 Å². The lowest BCUT2D eigenvalue weighted by molar-refractivity contribution is -0.265. The molecular formula is C26H33NO7. The number of aliphatic hydroxyl groups is 3. The predicted molar refractivity (Wildman–Crippen MR) is 123 cm³/mol. The zero-order chi connectivity index (χ0) is 24.5. The average Bonchev–Trinajstić information content (AvgIpc) is 2.79. The molecule has 2 aromatic heterocycles. The molecule has 5 rings (SSSR count). The van der Waals surface area contributed by atoms with E-state index in [-0.39, 0.29) is 23.0 Å². The molecule has 0 saturated heterocycles. The maximum Gasteiger partial charge on any atom is 0.345 e. The molecule has 3 unspecified atom stereocenters. The number of nitrogens with zero attached hydrogens (tertiary/aromatic N) is 1. The van der Waals surface area contributed by atoms with E-state index < -0.39 is 46.3 Å². The molecule has 2 saturated carbocycles. The first-order chi connectivity index (χ1) is 16.1. The van der Waals surface area contributed by atoms with Crippen molar-refractivity contribution in [1.29, 1.82) is 0 Å². The second-order valence-electron chi connectivity index (χ2n) is 10.9. The van der Waals surface area contributed by atoms with Crippen LogP contribution in [0.5, 0.6) is 5.75 Å². The summed E-state index contributed by atoms with van der Waals surface area (Å²) in [5, 5.41) is 34.1. The molecule has 3 aliphatic rings. The third-order valence-electron chi connectivity index (χ3n) is 9.05. The van der Waals surface area contributed by atoms with Crippen LogP contribution >= 0.6 is 0 Å². The summed E-state index contributed by atoms with van der Waals surface area (Å²) in [4.78, 5) is 17.2. The van der Waals surface area contributed by atoms with E-state index in [9.17, 15) is 20.1 Å². The summed E-state index contributed by atoms with van der Waals surface area (Å²) < 4.78 is 17.5. The van der Waals surface area contributed by atoms with Crippen LogP contribution < -0.4 is 10.4 Å². The van der Waals surface area contributed by atoms with Gasteiger partial charge in [-0.1, -0.05) is 13.8 Å². The highest BCUT2D eigenvalue weighted by Gasteiger charge is 2.69. The Morgan fingerprint density at radius 2 is 1.97 bits per heavy atom. The van der Waals surface area contributed by atoms with Gasteiger partial charge in [0.1, 0.15) is 22.7 Å². The zero-order valence-corrected chi connectivity index (χ0v) is 20.0. The minimum absolute atomic E-state index is 0.0729. The highest BCUT2D eigenvalue weighted by Crippen LogP contribution is 2.66. The van der Waals surface area contributed by atoms with E-state index in [4.69, 9.17) is 13.9 Å². The molecule has 8 nitrogen and oxygen atoms in total. The quantitative estimate of drug-likeness (QED) is 0.625. The van der Waals surface area contributed by atoms with Gasteiger partial charge >= 0.3 is 5.63 Å². The van der Waals surface area contributed by atoms with E-state index in [1.807, 2.05) is 13.8 Å². The van der Waals surface area contributed by atoms with Crippen LogP contribution in [-0.2, 0) is 4.74 Å². The van der Waals surface area contributed by atoms with Crippen molar-refractivity contribution in [3.05, 3.63) is 46.6 Å². The average molecular weight is 472 g/mol. The lowest BCUT2D eigenvalue weighted by Gasteiger charge is -2.66. The highest BCUT2D eigenvalue weighted by molar-refractivity contribution is 5.59. The molecule has 2 fully saturated rings. The van der Waals surface area contributed by atoms with Crippen molar-refractivity contribution < 1.29 is 29.2 Å². The van der Waals surface area contributed by atoms with Gasteiger partial charge in [0.2, 0.25) is 0 Å². The number of hydrogen-bond donors (Lipinski definition) is 3. The fraction of sp³-hybridized carbons (Fsp3) is 0.615. The van der Waals surface area contributed by atoms with Gasteiger partial charge in [-0.25, -0.2) is 4.79 Å². The van der Waals surface area contributed by atoms with Gasteiger partial charge in [-0.3, -0.25) is 4.98 Å². The molecule has 0 radical (unpaired) electrons. The topological polar surface area (TPSA) is 122 Å². The predicted octanol–water partition coefficient (Wildman–Crippen LogP) is 2.70. The monoisotopic (exact) mass is 471 g/mol. The van der Waals surface area contributed by atoms with Gasteiger partial charge in [-0.2, -0.15) is 0 Å². The summed E-state index contributed by atoms with van der Waals surface area (Å²) in [7, 11) is 1.60. The summed E-state index contributed by atoms with van der Waals surface area (Å²) in [6.45, 7) is 6.20. The third kappa shape index (κ3) is 3.12. The molecule has 34 heavy (non-hydrogen) atoms. The Balaban J connectivity index is 1.64. The van der Waals surface area contributed by atoms with Crippen molar-refractivity contribution in [3.8, 4) is 17.1 Å². The Hall–Kier alpha value is -2.26. The summed E-state index contributed by atoms with van der Waals surface area (Å²) in [5.74, 6) is -0.234. The lowest BCUT2D eigenvalue weighted by Crippen LogP contribution is -2.70. The maximum absolute atomic E-state index is 13.1. The number of aliphatic hydroxyl groups excluding tert-OH is 3. The fourth-order valence-corrected chi connectivity index (χ4v) is 7.37. The summed E-state index contributed by atoms with van der Waals surface area (Å²) in [5.41, 5.74) is -2.25. The van der Waals surface area contributed by atoms with Gasteiger partial charge in [0, 0.05) is 42.5 Å². The van der Waals surface area contributed by atoms with E-state index in [1.54, 1.807) is 37.7 Å². The molecule has 2 aliphatic carbocycles. The van der Waals surface area contributed by atoms with Crippen molar-refractivity contribution in [2.75, 3.05) is 13.7 Å². The van der Waals surface area contributed by atoms with Crippen LogP contribution in [0.2, 0.25) is 0 Å². The summed E-state index contributed by atoms with van der Waals surface area (Å²) >= 11 is 0. The first-order valence-corrected chi connectivity index (χ1v) is 11.9. The van der Waals surface area contributed by atoms with E-state index in [0.29, 0.717) is 31.4 Å². The SMILES string of the molecule is COC[C@@]1(C)C2C[C@H](O)[C@@]3(C)Oc4cc(-c5cccnc5)oc(=O)c4C(O)C3[C@@]2(C)CC[C@@H]1O. The second kappa shape index (κ2) is 7.88. The molecule has 1 aliphatic heterocycles. The molecule has 0 amide bonds. The van der Waals surface area contributed by atoms with Crippen molar-refractivity contribution in [2.45, 2.75) is 63.9 Å². The van der Waals surface area contributed by atoms with Crippen LogP contribution in [0, 0.1) is 22.7 Å². The number of pyridine rings is 1. The Kier molecular flexibility index (Phi) is 5.44. The largest absolute Gasteiger partial charge is 0.484 e. The van der Waals surface area contributed by atoms with Crippen molar-refractivity contribution in [1.82, 2.24) is 4.98 Å². The van der Waals surface area contributed by atoms with E-state index >= 15 is 0 Å². The molecule has 0 spiro atoms. The Morgan fingerprint density at radius 3 is 2.65 bits per heavy atom. The molecule has 0 aromatic carbocycles. The minimum atomic E-state index is -1.20. The van der Waals surface area contributed by atoms with Crippen molar-refractivity contribution in [3.63, 3.8) is 0 Å². The van der Waals surface area contributed by atoms with E-state index in [0.717, 1.165) is 0 Å². The molecule has 3 N–H and O–H groups in total. The molecular weight excluding hydrogens is 438 g/mol. The van der Waals surface area contributed by atoms with Crippen LogP contribution in [0.4, 0.5) is 0 Å². The molecule has 3 heterocycles. The Labute approximate surface area is 198 Å². The van der Waals surface area contributed by atoms with Crippen molar-refractivity contribution in [2.24, 2.45) is 22.7 Å². The molecule has 8 atom stereocenters. The lowest BCUT2D eigenvalue weighted by atomic mass is 9.42. The fourth-order valence-electron chi connectivity index (χ4n) is 7.37. The summed E-state index contributed by atoms with van der Waals surface area (Å²) in [6.07, 6.45) is 2.04. The van der Waals surface area contributed by atoms with Gasteiger partial charge in [0.25, 0.3) is 0 Å². The van der Waals surface area contributed by atoms with Gasteiger partial charge in [0.15, 0.2) is 0 Å². The number of fused-ring (bicyclic) bond motifs is 4. The first kappa shape index (κ1) is 23.5. The van der Waals surface area contributed by atoms with Gasteiger partial charge < -0.3 is 29.2 Å². The van der Waals surface area contributed by atoms with Crippen LogP contribution in [-0.4, -0.2) is 51.8 Å². The Morgan fingerprint density at radius 1 is 1.21 bits per heavy atom. The van der Waals surface area contributed by atoms with Crippen LogP contribution in [0.25, 0.3) is 11.3 Å². The van der Waals surface area contributed by atoms with Crippen LogP contribution in [0.3, 0.4) is 0 Å². The van der Waals surface area contributed by atoms with Crippen molar-refractivity contribution >= 4 is 0 Å². The third-order valence-corrected chi connectivity index (χ3v) is 9.05. The molecule has 184 valence electrons. The number of methoxy groups -OCH3 is 1. The minimum Gasteiger partial charge on any atom is -0.484 e. The van der Waals surface area contributed by atoms with E-state index in [1.165, 1.54) is 0 Å². The molecule has 8 heteroatoms. The maximum atomic E-state index is 13.1. The zero-order valence-electron chi connectivity index (χ0n) is 20.0. The van der Waals surface area contributed by atoms with Crippen LogP contribution in [0.1, 0.15) is 51.7 Å². The number of aromatic nitrogens is 1. The van der Waals surface area contributed by atoms with Crippen LogP contribution in [0.15, 0.2) is 39.8 Å². The molecule has 0 bridgehead atoms. The number of ether oxygens (including phenoxy) is 2.